The monoisotopic (exact) mass is 610 g/mol. The van der Waals surface area contributed by atoms with Gasteiger partial charge in [0.25, 0.3) is 5.91 Å². The smallest absolute Gasteiger partial charge is 0.347 e. The van der Waals surface area contributed by atoms with E-state index in [-0.39, 0.29) is 30.7 Å². The van der Waals surface area contributed by atoms with Crippen LogP contribution in [0.15, 0.2) is 47.0 Å². The zero-order chi connectivity index (χ0) is 29.4. The number of carbonyl (C=O) groups is 3. The van der Waals surface area contributed by atoms with E-state index >= 15 is 0 Å². The van der Waals surface area contributed by atoms with E-state index in [2.05, 4.69) is 29.2 Å². The van der Waals surface area contributed by atoms with Crippen molar-refractivity contribution in [3.8, 4) is 10.6 Å². The second kappa shape index (κ2) is 11.9. The highest BCUT2D eigenvalue weighted by atomic mass is 35.5. The highest BCUT2D eigenvalue weighted by Crippen LogP contribution is 2.32. The molecule has 2 fully saturated rings. The number of hydrogen-bond acceptors (Lipinski definition) is 9. The molecule has 0 aliphatic carbocycles. The Hall–Kier alpha value is -3.67. The number of piperidine rings is 1. The third kappa shape index (κ3) is 5.95. The van der Waals surface area contributed by atoms with Crippen LogP contribution < -0.4 is 5.32 Å². The number of aromatic nitrogens is 2. The first-order valence-electron chi connectivity index (χ1n) is 14.0. The van der Waals surface area contributed by atoms with Crippen molar-refractivity contribution in [2.45, 2.75) is 57.8 Å². The first-order valence-corrected chi connectivity index (χ1v) is 15.2. The van der Waals surface area contributed by atoms with Gasteiger partial charge in [0.15, 0.2) is 5.76 Å². The van der Waals surface area contributed by atoms with E-state index in [1.807, 2.05) is 16.7 Å². The van der Waals surface area contributed by atoms with Gasteiger partial charge in [0.2, 0.25) is 6.10 Å². The van der Waals surface area contributed by atoms with Crippen LogP contribution in [-0.4, -0.2) is 70.4 Å². The number of amides is 1. The summed E-state index contributed by atoms with van der Waals surface area (Å²) >= 11 is 7.49. The molecule has 1 amide bonds. The molecule has 5 heterocycles. The summed E-state index contributed by atoms with van der Waals surface area (Å²) in [5, 5.41) is 8.15. The summed E-state index contributed by atoms with van der Waals surface area (Å²) in [5.74, 6) is -0.754. The number of nitrogens with one attached hydrogen (secondary N) is 1. The average molecular weight is 611 g/mol. The quantitative estimate of drug-likeness (QED) is 0.273. The molecule has 42 heavy (non-hydrogen) atoms. The third-order valence-electron chi connectivity index (χ3n) is 7.80. The van der Waals surface area contributed by atoms with Gasteiger partial charge in [-0.25, -0.2) is 9.59 Å². The number of carbonyl (C=O) groups excluding carboxylic acids is 3. The Morgan fingerprint density at radius 2 is 1.95 bits per heavy atom. The number of benzene rings is 1. The maximum Gasteiger partial charge on any atom is 0.347 e. The average Bonchev–Trinajstić information content (AvgIpc) is 3.77. The first kappa shape index (κ1) is 28.4. The van der Waals surface area contributed by atoms with E-state index in [1.165, 1.54) is 11.3 Å². The molecule has 10 nitrogen and oxygen atoms in total. The maximum absolute atomic E-state index is 13.7. The molecule has 220 valence electrons. The van der Waals surface area contributed by atoms with Crippen molar-refractivity contribution < 1.29 is 28.4 Å². The molecule has 0 saturated carbocycles. The molecule has 1 N–H and O–H groups in total. The van der Waals surface area contributed by atoms with Crippen LogP contribution in [-0.2, 0) is 20.8 Å². The number of esters is 2. The summed E-state index contributed by atoms with van der Waals surface area (Å²) in [6, 6.07) is 12.9. The van der Waals surface area contributed by atoms with Gasteiger partial charge in [-0.1, -0.05) is 16.8 Å². The van der Waals surface area contributed by atoms with Crippen LogP contribution in [0.5, 0.6) is 0 Å². The fraction of sp³-hybridized carbons (Fsp3) is 0.400. The number of cyclic esters (lactones) is 1. The van der Waals surface area contributed by atoms with Crippen LogP contribution in [0, 0.1) is 0 Å². The summed E-state index contributed by atoms with van der Waals surface area (Å²) in [4.78, 5) is 41.6. The molecule has 12 heteroatoms. The molecule has 6 rings (SSSR count). The standard InChI is InChI=1S/C30H31ClN4O6S/c1-17(2)34-10-7-20(8-11-34)32-28(36)23-14-19-13-18(29(37)40-24-9-12-39-30(24)38)3-4-22(19)35(23)16-21-15-25(41-33-21)26-5-6-27(31)42-26/h3-6,13-15,17,20,24H,7-12,16H2,1-2H3,(H,32,36). The third-order valence-corrected chi connectivity index (χ3v) is 9.04. The van der Waals surface area contributed by atoms with Gasteiger partial charge >= 0.3 is 11.9 Å². The number of fused-ring (bicyclic) bond motifs is 1. The molecule has 1 unspecified atom stereocenters. The van der Waals surface area contributed by atoms with Gasteiger partial charge in [-0.05, 0) is 63.1 Å². The summed E-state index contributed by atoms with van der Waals surface area (Å²) < 4.78 is 18.4. The minimum Gasteiger partial charge on any atom is -0.463 e. The fourth-order valence-corrected chi connectivity index (χ4v) is 6.46. The Labute approximate surface area is 251 Å². The van der Waals surface area contributed by atoms with E-state index in [4.69, 9.17) is 25.6 Å². The molecular formula is C30H31ClN4O6S. The first-order chi connectivity index (χ1) is 20.2. The van der Waals surface area contributed by atoms with Crippen molar-refractivity contribution in [1.29, 1.82) is 0 Å². The number of rotatable bonds is 8. The lowest BCUT2D eigenvalue weighted by Crippen LogP contribution is -2.46. The van der Waals surface area contributed by atoms with Gasteiger partial charge in [-0.3, -0.25) is 4.79 Å². The normalized spacial score (nSPS) is 18.1. The Morgan fingerprint density at radius 1 is 1.14 bits per heavy atom. The summed E-state index contributed by atoms with van der Waals surface area (Å²) in [5.41, 5.74) is 2.11. The molecule has 0 radical (unpaired) electrons. The van der Waals surface area contributed by atoms with Gasteiger partial charge in [0.1, 0.15) is 11.4 Å². The molecular weight excluding hydrogens is 580 g/mol. The van der Waals surface area contributed by atoms with E-state index in [1.54, 1.807) is 30.3 Å². The minimum atomic E-state index is -0.902. The van der Waals surface area contributed by atoms with Gasteiger partial charge in [0, 0.05) is 48.6 Å². The molecule has 1 aromatic carbocycles. The Bertz CT molecular complexity index is 1630. The molecule has 0 bridgehead atoms. The predicted octanol–water partition coefficient (Wildman–Crippen LogP) is 5.13. The second-order valence-electron chi connectivity index (χ2n) is 10.9. The van der Waals surface area contributed by atoms with Gasteiger partial charge < -0.3 is 28.8 Å². The van der Waals surface area contributed by atoms with Crippen LogP contribution in [0.3, 0.4) is 0 Å². The highest BCUT2D eigenvalue weighted by Gasteiger charge is 2.31. The van der Waals surface area contributed by atoms with Gasteiger partial charge in [-0.2, -0.15) is 0 Å². The summed E-state index contributed by atoms with van der Waals surface area (Å²) in [7, 11) is 0. The van der Waals surface area contributed by atoms with Crippen molar-refractivity contribution in [3.05, 3.63) is 63.8 Å². The number of nitrogens with zero attached hydrogens (tertiary/aromatic N) is 3. The van der Waals surface area contributed by atoms with E-state index in [9.17, 15) is 14.4 Å². The summed E-state index contributed by atoms with van der Waals surface area (Å²) in [6.07, 6.45) is 1.18. The van der Waals surface area contributed by atoms with Crippen LogP contribution in [0.4, 0.5) is 0 Å². The Balaban J connectivity index is 1.28. The molecule has 4 aromatic rings. The highest BCUT2D eigenvalue weighted by molar-refractivity contribution is 7.19. The molecule has 3 aromatic heterocycles. The number of thiophene rings is 1. The zero-order valence-corrected chi connectivity index (χ0v) is 24.9. The number of halogens is 1. The molecule has 0 spiro atoms. The molecule has 2 saturated heterocycles. The topological polar surface area (TPSA) is 116 Å². The van der Waals surface area contributed by atoms with E-state index < -0.39 is 18.0 Å². The van der Waals surface area contributed by atoms with Gasteiger partial charge in [0.05, 0.1) is 27.9 Å². The number of likely N-dealkylation sites (tertiary alicyclic amines) is 1. The maximum atomic E-state index is 13.7. The Morgan fingerprint density at radius 3 is 2.64 bits per heavy atom. The second-order valence-corrected chi connectivity index (χ2v) is 12.6. The zero-order valence-electron chi connectivity index (χ0n) is 23.3. The van der Waals surface area contributed by atoms with Crippen LogP contribution >= 0.6 is 22.9 Å². The lowest BCUT2D eigenvalue weighted by atomic mass is 10.0. The van der Waals surface area contributed by atoms with E-state index in [0.717, 1.165) is 36.3 Å². The minimum absolute atomic E-state index is 0.0675. The van der Waals surface area contributed by atoms with Crippen molar-refractivity contribution in [2.24, 2.45) is 0 Å². The largest absolute Gasteiger partial charge is 0.463 e. The molecule has 2 aliphatic heterocycles. The Kier molecular flexibility index (Phi) is 8.06. The van der Waals surface area contributed by atoms with Crippen molar-refractivity contribution >= 4 is 51.7 Å². The van der Waals surface area contributed by atoms with Crippen LogP contribution in [0.1, 0.15) is 59.7 Å². The number of ether oxygens (including phenoxy) is 2. The summed E-state index contributed by atoms with van der Waals surface area (Å²) in [6.45, 7) is 6.74. The van der Waals surface area contributed by atoms with Crippen molar-refractivity contribution in [1.82, 2.24) is 19.9 Å². The lowest BCUT2D eigenvalue weighted by Gasteiger charge is -2.34. The van der Waals surface area contributed by atoms with Crippen molar-refractivity contribution in [2.75, 3.05) is 19.7 Å². The van der Waals surface area contributed by atoms with Crippen molar-refractivity contribution in [3.63, 3.8) is 0 Å². The molecule has 2 aliphatic rings. The lowest BCUT2D eigenvalue weighted by molar-refractivity contribution is -0.145. The predicted molar refractivity (Wildman–Crippen MR) is 158 cm³/mol. The van der Waals surface area contributed by atoms with E-state index in [0.29, 0.717) is 39.3 Å². The SMILES string of the molecule is CC(C)N1CCC(NC(=O)c2cc3cc(C(=O)OC4CCOC4=O)ccc3n2Cc2cc(-c3ccc(Cl)s3)on2)CC1. The molecule has 1 atom stereocenters. The fourth-order valence-electron chi connectivity index (χ4n) is 5.47. The van der Waals surface area contributed by atoms with Gasteiger partial charge in [-0.15, -0.1) is 11.3 Å². The van der Waals surface area contributed by atoms with Crippen LogP contribution in [0.25, 0.3) is 21.5 Å². The van der Waals surface area contributed by atoms with Crippen LogP contribution in [0.2, 0.25) is 4.34 Å². The number of hydrogen-bond donors (Lipinski definition) is 1.